The van der Waals surface area contributed by atoms with Crippen LogP contribution in [0.3, 0.4) is 0 Å². The lowest BCUT2D eigenvalue weighted by molar-refractivity contribution is 0.165. The molecule has 2 fully saturated rings. The average molecular weight is 716 g/mol. The molecule has 0 aliphatic heterocycles. The maximum absolute atomic E-state index is 11.2. The van der Waals surface area contributed by atoms with E-state index in [1.807, 2.05) is 0 Å². The number of hydrogen-bond acceptors (Lipinski definition) is 2. The quantitative estimate of drug-likeness (QED) is 0.179. The summed E-state index contributed by atoms with van der Waals surface area (Å²) in [6.45, 7) is 0. The van der Waals surface area contributed by atoms with Gasteiger partial charge in [0.05, 0.1) is 34.4 Å². The van der Waals surface area contributed by atoms with E-state index in [1.54, 1.807) is 5.56 Å². The van der Waals surface area contributed by atoms with Crippen LogP contribution in [0.25, 0.3) is 60.3 Å². The monoisotopic (exact) mass is 715 g/mol. The van der Waals surface area contributed by atoms with Crippen LogP contribution in [-0.2, 0) is 0 Å². The average Bonchev–Trinajstić information content (AvgIpc) is 3.72. The Balaban J connectivity index is 1.23. The molecule has 7 aliphatic rings. The number of benzene rings is 6. The molecule has 2 atom stereocenters. The molecule has 0 radical (unpaired) electrons. The van der Waals surface area contributed by atoms with Gasteiger partial charge in [0.2, 0.25) is 0 Å². The summed E-state index contributed by atoms with van der Waals surface area (Å²) in [5, 5.41) is 16.6. The number of pyridine rings is 1. The summed E-state index contributed by atoms with van der Waals surface area (Å²) >= 11 is 0. The molecule has 0 N–H and O–H groups in total. The number of nitriles is 1. The van der Waals surface area contributed by atoms with E-state index in [4.69, 9.17) is 4.98 Å². The summed E-state index contributed by atoms with van der Waals surface area (Å²) in [4.78, 5) is 5.53. The van der Waals surface area contributed by atoms with E-state index in [0.717, 1.165) is 22.9 Å². The number of fused-ring (bicyclic) bond motifs is 6. The van der Waals surface area contributed by atoms with Crippen molar-refractivity contribution in [1.29, 1.82) is 5.26 Å². The largest absolute Gasteiger partial charge is 0.306 e. The minimum absolute atomic E-state index is 0.0153. The van der Waals surface area contributed by atoms with E-state index in [2.05, 4.69) is 138 Å². The normalized spacial score (nSPS) is 23.7. The van der Waals surface area contributed by atoms with Crippen molar-refractivity contribution in [3.8, 4) is 28.3 Å². The highest BCUT2D eigenvalue weighted by Crippen LogP contribution is 2.62. The lowest BCUT2D eigenvalue weighted by Crippen LogP contribution is -2.28. The SMILES string of the molecule is N#Cc1cc2c(c3c1C1c4ccccc4C3c3ccccc31)c1c(-c3ccccc3)cc(-c3ccccc3)c3c4c5c(ncc4n2c31)C1CC2CC(C1)CC5C2. The zero-order chi connectivity index (χ0) is 36.4. The third-order valence-electron chi connectivity index (χ3n) is 15.1. The molecule has 264 valence electrons. The molecule has 3 heterocycles. The first-order chi connectivity index (χ1) is 27.7. The Morgan fingerprint density at radius 3 is 1.61 bits per heavy atom. The smallest absolute Gasteiger partial charge is 0.0995 e. The van der Waals surface area contributed by atoms with Crippen molar-refractivity contribution in [2.75, 3.05) is 0 Å². The Hall–Kier alpha value is -6.24. The van der Waals surface area contributed by atoms with Gasteiger partial charge < -0.3 is 4.40 Å². The minimum atomic E-state index is 0.0153. The maximum Gasteiger partial charge on any atom is 0.0995 e. The fourth-order valence-electron chi connectivity index (χ4n) is 13.3. The molecule has 6 bridgehead atoms. The Bertz CT molecular complexity index is 3160. The van der Waals surface area contributed by atoms with Gasteiger partial charge in [-0.1, -0.05) is 109 Å². The van der Waals surface area contributed by atoms with E-state index in [-0.39, 0.29) is 11.8 Å². The molecule has 0 amide bonds. The predicted octanol–water partition coefficient (Wildman–Crippen LogP) is 12.8. The second-order valence-electron chi connectivity index (χ2n) is 17.6. The molecule has 9 aromatic rings. The van der Waals surface area contributed by atoms with Gasteiger partial charge in [0.15, 0.2) is 0 Å². The first-order valence-electron chi connectivity index (χ1n) is 20.7. The fourth-order valence-corrected chi connectivity index (χ4v) is 13.3. The highest BCUT2D eigenvalue weighted by molar-refractivity contribution is 6.32. The molecule has 0 saturated heterocycles. The van der Waals surface area contributed by atoms with Crippen LogP contribution in [0.5, 0.6) is 0 Å². The number of aromatic nitrogens is 2. The van der Waals surface area contributed by atoms with E-state index in [9.17, 15) is 5.26 Å². The van der Waals surface area contributed by atoms with Gasteiger partial charge in [0.1, 0.15) is 0 Å². The standard InChI is InChI=1S/C53H37N3/c54-26-34-24-41-49(51-43(34)45-35-15-7-9-17-37(35)46(51)38-18-10-8-16-36(38)45)47-39(30-11-3-1-4-12-30)25-40(31-13-5-2-6-14-31)48-50-42(56(41)53(47)48)27-55-52-33-22-28-19-29(23-33)21-32(20-28)44(50)52/h1-18,24-25,27-29,32-33,45-46H,19-23H2. The van der Waals surface area contributed by atoms with Crippen LogP contribution in [0.15, 0.2) is 128 Å². The van der Waals surface area contributed by atoms with Crippen LogP contribution in [0.2, 0.25) is 0 Å². The first kappa shape index (κ1) is 30.0. The predicted molar refractivity (Wildman–Crippen MR) is 225 cm³/mol. The Morgan fingerprint density at radius 1 is 0.518 bits per heavy atom. The molecule has 56 heavy (non-hydrogen) atoms. The molecule has 3 aromatic heterocycles. The van der Waals surface area contributed by atoms with Crippen molar-refractivity contribution in [2.45, 2.75) is 55.8 Å². The molecule has 6 aromatic carbocycles. The van der Waals surface area contributed by atoms with Crippen molar-refractivity contribution in [1.82, 2.24) is 9.38 Å². The lowest BCUT2D eigenvalue weighted by Gasteiger charge is -2.43. The molecule has 0 spiro atoms. The van der Waals surface area contributed by atoms with Crippen molar-refractivity contribution in [3.63, 3.8) is 0 Å². The summed E-state index contributed by atoms with van der Waals surface area (Å²) in [6.07, 6.45) is 8.78. The van der Waals surface area contributed by atoms with E-state index in [1.165, 1.54) is 126 Å². The Labute approximate surface area is 325 Å². The van der Waals surface area contributed by atoms with Crippen LogP contribution in [-0.4, -0.2) is 9.38 Å². The van der Waals surface area contributed by atoms with Gasteiger partial charge in [0, 0.05) is 45.0 Å². The summed E-state index contributed by atoms with van der Waals surface area (Å²) in [6, 6.07) is 47.8. The summed E-state index contributed by atoms with van der Waals surface area (Å²) < 4.78 is 2.57. The van der Waals surface area contributed by atoms with Crippen molar-refractivity contribution in [2.24, 2.45) is 11.8 Å². The van der Waals surface area contributed by atoms with Gasteiger partial charge in [-0.15, -0.1) is 0 Å². The van der Waals surface area contributed by atoms with Gasteiger partial charge in [-0.2, -0.15) is 5.26 Å². The summed E-state index contributed by atoms with van der Waals surface area (Å²) in [5.41, 5.74) is 20.3. The molecular weight excluding hydrogens is 679 g/mol. The molecule has 2 saturated carbocycles. The molecule has 2 unspecified atom stereocenters. The highest BCUT2D eigenvalue weighted by Gasteiger charge is 2.47. The van der Waals surface area contributed by atoms with Crippen LogP contribution in [0.1, 0.15) is 106 Å². The zero-order valence-corrected chi connectivity index (χ0v) is 31.0. The van der Waals surface area contributed by atoms with Crippen LogP contribution in [0, 0.1) is 23.2 Å². The Morgan fingerprint density at radius 2 is 1.04 bits per heavy atom. The molecule has 3 nitrogen and oxygen atoms in total. The van der Waals surface area contributed by atoms with Crippen LogP contribution >= 0.6 is 0 Å². The van der Waals surface area contributed by atoms with E-state index < -0.39 is 0 Å². The molecule has 3 heteroatoms. The zero-order valence-electron chi connectivity index (χ0n) is 31.0. The molecular formula is C53H37N3. The molecule has 16 rings (SSSR count). The maximum atomic E-state index is 11.2. The third-order valence-corrected chi connectivity index (χ3v) is 15.1. The number of rotatable bonds is 2. The second-order valence-corrected chi connectivity index (χ2v) is 17.6. The van der Waals surface area contributed by atoms with Gasteiger partial charge in [-0.05, 0) is 123 Å². The topological polar surface area (TPSA) is 41.1 Å². The van der Waals surface area contributed by atoms with Crippen molar-refractivity contribution < 1.29 is 0 Å². The first-order valence-corrected chi connectivity index (χ1v) is 20.7. The van der Waals surface area contributed by atoms with Gasteiger partial charge >= 0.3 is 0 Å². The van der Waals surface area contributed by atoms with Crippen LogP contribution in [0.4, 0.5) is 0 Å². The van der Waals surface area contributed by atoms with E-state index in [0.29, 0.717) is 11.8 Å². The van der Waals surface area contributed by atoms with Gasteiger partial charge in [-0.3, -0.25) is 4.98 Å². The summed E-state index contributed by atoms with van der Waals surface area (Å²) in [5.74, 6) is 2.76. The minimum Gasteiger partial charge on any atom is -0.306 e. The summed E-state index contributed by atoms with van der Waals surface area (Å²) in [7, 11) is 0. The third kappa shape index (κ3) is 3.58. The Kier molecular flexibility index (Phi) is 5.65. The van der Waals surface area contributed by atoms with Gasteiger partial charge in [-0.25, -0.2) is 0 Å². The molecule has 7 aliphatic carbocycles. The highest BCUT2D eigenvalue weighted by atomic mass is 14.9. The lowest BCUT2D eigenvalue weighted by atomic mass is 9.59. The number of nitrogens with zero attached hydrogens (tertiary/aromatic N) is 3. The second kappa shape index (κ2) is 10.5. The van der Waals surface area contributed by atoms with Crippen LogP contribution < -0.4 is 0 Å². The number of hydrogen-bond donors (Lipinski definition) is 0. The fraction of sp³-hybridized carbons (Fsp3) is 0.208. The van der Waals surface area contributed by atoms with Gasteiger partial charge in [0.25, 0.3) is 0 Å². The van der Waals surface area contributed by atoms with Crippen molar-refractivity contribution in [3.05, 3.63) is 178 Å². The van der Waals surface area contributed by atoms with E-state index >= 15 is 0 Å². The van der Waals surface area contributed by atoms with Crippen molar-refractivity contribution >= 4 is 38.1 Å².